The summed E-state index contributed by atoms with van der Waals surface area (Å²) in [5, 5.41) is 13.0. The van der Waals surface area contributed by atoms with Gasteiger partial charge in [0.15, 0.2) is 17.5 Å². The van der Waals surface area contributed by atoms with Crippen molar-refractivity contribution in [2.75, 3.05) is 5.32 Å². The second-order valence-corrected chi connectivity index (χ2v) is 4.57. The first-order chi connectivity index (χ1) is 9.00. The van der Waals surface area contributed by atoms with Gasteiger partial charge < -0.3 is 10.4 Å². The van der Waals surface area contributed by atoms with Crippen molar-refractivity contribution in [3.63, 3.8) is 0 Å². The fourth-order valence-corrected chi connectivity index (χ4v) is 2.28. The number of benzene rings is 1. The molecule has 0 fully saturated rings. The Balaban J connectivity index is 2.17. The van der Waals surface area contributed by atoms with Crippen LogP contribution >= 0.6 is 11.3 Å². The zero-order valence-electron chi connectivity index (χ0n) is 9.41. The SMILES string of the molecule is O=C(O)c1sccc1CNc1ccc(F)c(F)c1F. The lowest BCUT2D eigenvalue weighted by molar-refractivity contribution is 0.0701. The minimum atomic E-state index is -1.56. The summed E-state index contributed by atoms with van der Waals surface area (Å²) >= 11 is 1.04. The third kappa shape index (κ3) is 2.70. The molecule has 0 unspecified atom stereocenters. The molecule has 3 nitrogen and oxygen atoms in total. The Morgan fingerprint density at radius 2 is 1.95 bits per heavy atom. The smallest absolute Gasteiger partial charge is 0.346 e. The maximum absolute atomic E-state index is 13.4. The molecule has 0 aliphatic carbocycles. The number of carbonyl (C=O) groups is 1. The highest BCUT2D eigenvalue weighted by Gasteiger charge is 2.15. The molecule has 0 aliphatic rings. The highest BCUT2D eigenvalue weighted by atomic mass is 32.1. The summed E-state index contributed by atoms with van der Waals surface area (Å²) < 4.78 is 39.1. The maximum atomic E-state index is 13.4. The van der Waals surface area contributed by atoms with E-state index < -0.39 is 23.4 Å². The van der Waals surface area contributed by atoms with Crippen molar-refractivity contribution in [1.29, 1.82) is 0 Å². The van der Waals surface area contributed by atoms with Gasteiger partial charge in [-0.15, -0.1) is 11.3 Å². The molecule has 0 saturated heterocycles. The first-order valence-electron chi connectivity index (χ1n) is 5.17. The van der Waals surface area contributed by atoms with Gasteiger partial charge in [0.25, 0.3) is 0 Å². The van der Waals surface area contributed by atoms with Crippen molar-refractivity contribution >= 4 is 23.0 Å². The number of carboxylic acids is 1. The molecule has 0 spiro atoms. The summed E-state index contributed by atoms with van der Waals surface area (Å²) in [7, 11) is 0. The molecule has 19 heavy (non-hydrogen) atoms. The van der Waals surface area contributed by atoms with Crippen LogP contribution < -0.4 is 5.32 Å². The van der Waals surface area contributed by atoms with Gasteiger partial charge in [-0.3, -0.25) is 0 Å². The molecular weight excluding hydrogens is 279 g/mol. The highest BCUT2D eigenvalue weighted by Crippen LogP contribution is 2.22. The lowest BCUT2D eigenvalue weighted by Crippen LogP contribution is -2.06. The molecule has 1 heterocycles. The number of nitrogens with one attached hydrogen (secondary N) is 1. The predicted octanol–water partition coefficient (Wildman–Crippen LogP) is 3.48. The first kappa shape index (κ1) is 13.4. The van der Waals surface area contributed by atoms with Gasteiger partial charge in [-0.05, 0) is 29.1 Å². The monoisotopic (exact) mass is 287 g/mol. The Labute approximate surface area is 110 Å². The van der Waals surface area contributed by atoms with Crippen LogP contribution in [0.25, 0.3) is 0 Å². The van der Waals surface area contributed by atoms with Gasteiger partial charge in [0.1, 0.15) is 4.88 Å². The number of thiophene rings is 1. The van der Waals surface area contributed by atoms with Gasteiger partial charge >= 0.3 is 5.97 Å². The minimum Gasteiger partial charge on any atom is -0.477 e. The van der Waals surface area contributed by atoms with Crippen LogP contribution in [0.5, 0.6) is 0 Å². The maximum Gasteiger partial charge on any atom is 0.346 e. The Kier molecular flexibility index (Phi) is 3.75. The molecular formula is C12H8F3NO2S. The molecule has 0 bridgehead atoms. The normalized spacial score (nSPS) is 10.5. The van der Waals surface area contributed by atoms with Crippen LogP contribution in [0, 0.1) is 17.5 Å². The van der Waals surface area contributed by atoms with Gasteiger partial charge in [0.2, 0.25) is 0 Å². The number of carboxylic acid groups (broad SMARTS) is 1. The highest BCUT2D eigenvalue weighted by molar-refractivity contribution is 7.12. The van der Waals surface area contributed by atoms with E-state index in [2.05, 4.69) is 5.32 Å². The van der Waals surface area contributed by atoms with Crippen molar-refractivity contribution in [3.8, 4) is 0 Å². The van der Waals surface area contributed by atoms with E-state index in [0.29, 0.717) is 5.56 Å². The fraction of sp³-hybridized carbons (Fsp3) is 0.0833. The average Bonchev–Trinajstić information content (AvgIpc) is 2.84. The van der Waals surface area contributed by atoms with E-state index in [1.54, 1.807) is 11.4 Å². The third-order valence-corrected chi connectivity index (χ3v) is 3.39. The number of anilines is 1. The van der Waals surface area contributed by atoms with E-state index in [-0.39, 0.29) is 17.1 Å². The summed E-state index contributed by atoms with van der Waals surface area (Å²) in [6.45, 7) is 0.00707. The Morgan fingerprint density at radius 3 is 2.63 bits per heavy atom. The molecule has 1 aromatic heterocycles. The summed E-state index contributed by atoms with van der Waals surface area (Å²) in [5.41, 5.74) is 0.225. The molecule has 2 N–H and O–H groups in total. The van der Waals surface area contributed by atoms with Crippen LogP contribution in [0.4, 0.5) is 18.9 Å². The molecule has 1 aromatic carbocycles. The zero-order valence-corrected chi connectivity index (χ0v) is 10.2. The van der Waals surface area contributed by atoms with Gasteiger partial charge in [-0.2, -0.15) is 0 Å². The first-order valence-corrected chi connectivity index (χ1v) is 6.05. The van der Waals surface area contributed by atoms with E-state index in [1.807, 2.05) is 0 Å². The number of rotatable bonds is 4. The van der Waals surface area contributed by atoms with Crippen molar-refractivity contribution in [2.24, 2.45) is 0 Å². The fourth-order valence-electron chi connectivity index (χ4n) is 1.52. The number of aromatic carboxylic acids is 1. The van der Waals surface area contributed by atoms with E-state index in [4.69, 9.17) is 5.11 Å². The third-order valence-electron chi connectivity index (χ3n) is 2.45. The summed E-state index contributed by atoms with van der Waals surface area (Å²) in [6.07, 6.45) is 0. The Morgan fingerprint density at radius 1 is 1.21 bits per heavy atom. The molecule has 100 valence electrons. The van der Waals surface area contributed by atoms with Gasteiger partial charge in [-0.25, -0.2) is 18.0 Å². The van der Waals surface area contributed by atoms with E-state index in [0.717, 1.165) is 23.5 Å². The standard InChI is InChI=1S/C12H8F3NO2S/c13-7-1-2-8(10(15)9(7)14)16-5-6-3-4-19-11(6)12(17)18/h1-4,16H,5H2,(H,17,18). The summed E-state index contributed by atoms with van der Waals surface area (Å²) in [6, 6.07) is 3.42. The molecule has 7 heteroatoms. The lowest BCUT2D eigenvalue weighted by atomic mass is 10.2. The molecule has 0 atom stereocenters. The van der Waals surface area contributed by atoms with Crippen LogP contribution in [-0.4, -0.2) is 11.1 Å². The second kappa shape index (κ2) is 5.31. The molecule has 0 amide bonds. The van der Waals surface area contributed by atoms with Gasteiger partial charge in [0, 0.05) is 6.54 Å². The topological polar surface area (TPSA) is 49.3 Å². The van der Waals surface area contributed by atoms with Crippen LogP contribution in [-0.2, 0) is 6.54 Å². The second-order valence-electron chi connectivity index (χ2n) is 3.66. The molecule has 2 rings (SSSR count). The molecule has 0 aliphatic heterocycles. The Bertz CT molecular complexity index is 627. The van der Waals surface area contributed by atoms with Crippen molar-refractivity contribution in [2.45, 2.75) is 6.54 Å². The zero-order chi connectivity index (χ0) is 14.0. The molecule has 2 aromatic rings. The van der Waals surface area contributed by atoms with Crippen molar-refractivity contribution in [1.82, 2.24) is 0 Å². The minimum absolute atomic E-state index is 0.00707. The van der Waals surface area contributed by atoms with Gasteiger partial charge in [0.05, 0.1) is 5.69 Å². The van der Waals surface area contributed by atoms with E-state index >= 15 is 0 Å². The molecule has 0 saturated carbocycles. The summed E-state index contributed by atoms with van der Waals surface area (Å²) in [4.78, 5) is 11.0. The lowest BCUT2D eigenvalue weighted by Gasteiger charge is -2.08. The van der Waals surface area contributed by atoms with E-state index in [9.17, 15) is 18.0 Å². The van der Waals surface area contributed by atoms with Crippen LogP contribution in [0.1, 0.15) is 15.2 Å². The average molecular weight is 287 g/mol. The Hall–Kier alpha value is -2.02. The number of halogens is 3. The van der Waals surface area contributed by atoms with Crippen molar-refractivity contribution in [3.05, 3.63) is 51.5 Å². The van der Waals surface area contributed by atoms with Gasteiger partial charge in [-0.1, -0.05) is 0 Å². The van der Waals surface area contributed by atoms with Crippen LogP contribution in [0.15, 0.2) is 23.6 Å². The molecule has 0 radical (unpaired) electrons. The quantitative estimate of drug-likeness (QED) is 0.846. The van der Waals surface area contributed by atoms with Crippen LogP contribution in [0.2, 0.25) is 0 Å². The summed E-state index contributed by atoms with van der Waals surface area (Å²) in [5.74, 6) is -5.25. The largest absolute Gasteiger partial charge is 0.477 e. The predicted molar refractivity (Wildman–Crippen MR) is 64.9 cm³/mol. The number of hydrogen-bond donors (Lipinski definition) is 2. The number of hydrogen-bond acceptors (Lipinski definition) is 3. The van der Waals surface area contributed by atoms with E-state index in [1.165, 1.54) is 0 Å². The van der Waals surface area contributed by atoms with Crippen molar-refractivity contribution < 1.29 is 23.1 Å². The van der Waals surface area contributed by atoms with Crippen LogP contribution in [0.3, 0.4) is 0 Å².